The highest BCUT2D eigenvalue weighted by Crippen LogP contribution is 2.35. The molecular weight excluding hydrogens is 338 g/mol. The molecule has 1 heterocycles. The summed E-state index contributed by atoms with van der Waals surface area (Å²) in [4.78, 5) is 26.7. The fourth-order valence-electron chi connectivity index (χ4n) is 3.38. The van der Waals surface area contributed by atoms with E-state index in [0.29, 0.717) is 17.7 Å². The lowest BCUT2D eigenvalue weighted by Gasteiger charge is -2.16. The maximum Gasteiger partial charge on any atom is 0.233 e. The number of Topliss-reactive ketones (excluding diaryl/α,β-unsaturated/α-hetero) is 1. The zero-order valence-corrected chi connectivity index (χ0v) is 14.1. The number of benzene rings is 2. The summed E-state index contributed by atoms with van der Waals surface area (Å²) in [6.45, 7) is 0.329. The van der Waals surface area contributed by atoms with E-state index in [1.165, 1.54) is 17.0 Å². The monoisotopic (exact) mass is 354 g/mol. The molecule has 0 saturated carbocycles. The number of nitrogens with zero attached hydrogens (tertiary/aromatic N) is 2. The molecule has 132 valence electrons. The number of carbonyl (C=O) groups is 2. The first-order valence-corrected chi connectivity index (χ1v) is 8.13. The van der Waals surface area contributed by atoms with Gasteiger partial charge in [0.2, 0.25) is 5.91 Å². The van der Waals surface area contributed by atoms with Crippen LogP contribution in [0.4, 0.5) is 8.78 Å². The molecule has 4 nitrogen and oxygen atoms in total. The highest BCUT2D eigenvalue weighted by Gasteiger charge is 2.43. The Morgan fingerprint density at radius 2 is 2.00 bits per heavy atom. The average molecular weight is 354 g/mol. The zero-order chi connectivity index (χ0) is 18.8. The molecule has 1 saturated heterocycles. The topological polar surface area (TPSA) is 61.2 Å². The second-order valence-electron chi connectivity index (χ2n) is 6.40. The van der Waals surface area contributed by atoms with E-state index in [1.807, 2.05) is 6.07 Å². The number of rotatable bonds is 4. The third-order valence-corrected chi connectivity index (χ3v) is 4.70. The predicted molar refractivity (Wildman–Crippen MR) is 90.1 cm³/mol. The molecule has 0 bridgehead atoms. The molecule has 0 N–H and O–H groups in total. The van der Waals surface area contributed by atoms with Crippen molar-refractivity contribution in [1.82, 2.24) is 4.90 Å². The van der Waals surface area contributed by atoms with Gasteiger partial charge in [-0.1, -0.05) is 24.3 Å². The van der Waals surface area contributed by atoms with E-state index in [0.717, 1.165) is 6.07 Å². The van der Waals surface area contributed by atoms with Crippen LogP contribution in [0.3, 0.4) is 0 Å². The van der Waals surface area contributed by atoms with Crippen LogP contribution in [0.1, 0.15) is 22.6 Å². The molecule has 1 aliphatic rings. The Labute approximate surface area is 149 Å². The third-order valence-electron chi connectivity index (χ3n) is 4.70. The van der Waals surface area contributed by atoms with Gasteiger partial charge in [0.1, 0.15) is 11.7 Å². The van der Waals surface area contributed by atoms with Gasteiger partial charge in [-0.05, 0) is 29.3 Å². The first kappa shape index (κ1) is 17.7. The van der Waals surface area contributed by atoms with Crippen LogP contribution in [0.5, 0.6) is 0 Å². The maximum absolute atomic E-state index is 13.9. The Hall–Kier alpha value is -3.07. The number of hydrogen-bond acceptors (Lipinski definition) is 3. The standard InChI is InChI=1S/C20H16F2N2O2/c1-24-11-15(13-5-2-4-12(8-13)10-23)18(20(24)26)17(25)9-14-6-3-7-16(21)19(14)22/h2-8,15,18H,9,11H2,1H3/t15-,18+/m1/s1. The van der Waals surface area contributed by atoms with Crippen molar-refractivity contribution in [2.75, 3.05) is 13.6 Å². The van der Waals surface area contributed by atoms with Gasteiger partial charge in [-0.2, -0.15) is 5.26 Å². The predicted octanol–water partition coefficient (Wildman–Crippen LogP) is 2.82. The number of halogens is 2. The highest BCUT2D eigenvalue weighted by molar-refractivity contribution is 6.04. The Morgan fingerprint density at radius 1 is 1.27 bits per heavy atom. The van der Waals surface area contributed by atoms with Crippen molar-refractivity contribution in [1.29, 1.82) is 5.26 Å². The number of likely N-dealkylation sites (tertiary alicyclic amines) is 1. The lowest BCUT2D eigenvalue weighted by Crippen LogP contribution is -2.29. The number of carbonyl (C=O) groups excluding carboxylic acids is 2. The van der Waals surface area contributed by atoms with Crippen molar-refractivity contribution in [3.05, 3.63) is 70.8 Å². The molecule has 1 amide bonds. The highest BCUT2D eigenvalue weighted by atomic mass is 19.2. The van der Waals surface area contributed by atoms with Gasteiger partial charge in [0.05, 0.1) is 11.6 Å². The lowest BCUT2D eigenvalue weighted by molar-refractivity contribution is -0.136. The summed E-state index contributed by atoms with van der Waals surface area (Å²) in [5.74, 6) is -4.30. The number of likely N-dealkylation sites (N-methyl/N-ethyl adjacent to an activating group) is 1. The summed E-state index contributed by atoms with van der Waals surface area (Å²) in [6.07, 6.45) is -0.359. The normalized spacial score (nSPS) is 19.5. The molecule has 1 aliphatic heterocycles. The molecule has 0 radical (unpaired) electrons. The fourth-order valence-corrected chi connectivity index (χ4v) is 3.38. The van der Waals surface area contributed by atoms with Crippen LogP contribution in [0.15, 0.2) is 42.5 Å². The first-order chi connectivity index (χ1) is 12.4. The van der Waals surface area contributed by atoms with Crippen LogP contribution in [-0.2, 0) is 16.0 Å². The fraction of sp³-hybridized carbons (Fsp3) is 0.250. The molecule has 1 fully saturated rings. The van der Waals surface area contributed by atoms with Gasteiger partial charge in [0, 0.05) is 25.9 Å². The largest absolute Gasteiger partial charge is 0.344 e. The molecule has 0 aromatic heterocycles. The molecule has 0 aliphatic carbocycles. The van der Waals surface area contributed by atoms with Crippen LogP contribution in [-0.4, -0.2) is 30.2 Å². The minimum absolute atomic E-state index is 0.0677. The van der Waals surface area contributed by atoms with Gasteiger partial charge in [-0.15, -0.1) is 0 Å². The summed E-state index contributed by atoms with van der Waals surface area (Å²) >= 11 is 0. The molecule has 2 aromatic rings. The van der Waals surface area contributed by atoms with Gasteiger partial charge in [0.15, 0.2) is 11.6 Å². The van der Waals surface area contributed by atoms with E-state index in [2.05, 4.69) is 0 Å². The van der Waals surface area contributed by atoms with Crippen molar-refractivity contribution in [3.8, 4) is 6.07 Å². The van der Waals surface area contributed by atoms with Gasteiger partial charge in [0.25, 0.3) is 0 Å². The van der Waals surface area contributed by atoms with Crippen molar-refractivity contribution >= 4 is 11.7 Å². The van der Waals surface area contributed by atoms with Crippen LogP contribution in [0.2, 0.25) is 0 Å². The molecule has 0 spiro atoms. The second-order valence-corrected chi connectivity index (χ2v) is 6.40. The molecular formula is C20H16F2N2O2. The van der Waals surface area contributed by atoms with Gasteiger partial charge < -0.3 is 4.90 Å². The Morgan fingerprint density at radius 3 is 2.73 bits per heavy atom. The quantitative estimate of drug-likeness (QED) is 0.793. The van der Waals surface area contributed by atoms with E-state index >= 15 is 0 Å². The molecule has 26 heavy (non-hydrogen) atoms. The summed E-state index contributed by atoms with van der Waals surface area (Å²) in [6, 6.07) is 12.4. The summed E-state index contributed by atoms with van der Waals surface area (Å²) < 4.78 is 27.3. The molecule has 3 rings (SSSR count). The number of amides is 1. The maximum atomic E-state index is 13.9. The van der Waals surface area contributed by atoms with Crippen LogP contribution in [0, 0.1) is 28.9 Å². The Bertz CT molecular complexity index is 920. The van der Waals surface area contributed by atoms with E-state index in [9.17, 15) is 18.4 Å². The van der Waals surface area contributed by atoms with Crippen molar-refractivity contribution in [3.63, 3.8) is 0 Å². The zero-order valence-electron chi connectivity index (χ0n) is 14.1. The van der Waals surface area contributed by atoms with Crippen molar-refractivity contribution in [2.24, 2.45) is 5.92 Å². The summed E-state index contributed by atoms with van der Waals surface area (Å²) in [5.41, 5.74) is 1.08. The van der Waals surface area contributed by atoms with Gasteiger partial charge in [-0.3, -0.25) is 9.59 Å². The molecule has 2 atom stereocenters. The van der Waals surface area contributed by atoms with Crippen LogP contribution < -0.4 is 0 Å². The number of ketones is 1. The molecule has 2 aromatic carbocycles. The van der Waals surface area contributed by atoms with E-state index in [-0.39, 0.29) is 17.9 Å². The minimum Gasteiger partial charge on any atom is -0.344 e. The molecule has 0 unspecified atom stereocenters. The SMILES string of the molecule is CN1C[C@H](c2cccc(C#N)c2)[C@@H](C(=O)Cc2cccc(F)c2F)C1=O. The van der Waals surface area contributed by atoms with E-state index in [1.54, 1.807) is 31.3 Å². The van der Waals surface area contributed by atoms with E-state index < -0.39 is 29.3 Å². The summed E-state index contributed by atoms with van der Waals surface area (Å²) in [7, 11) is 1.60. The van der Waals surface area contributed by atoms with Gasteiger partial charge in [-0.25, -0.2) is 8.78 Å². The smallest absolute Gasteiger partial charge is 0.233 e. The third kappa shape index (κ3) is 3.21. The van der Waals surface area contributed by atoms with Crippen molar-refractivity contribution < 1.29 is 18.4 Å². The van der Waals surface area contributed by atoms with Gasteiger partial charge >= 0.3 is 0 Å². The molecule has 6 heteroatoms. The van der Waals surface area contributed by atoms with Crippen LogP contribution >= 0.6 is 0 Å². The number of nitriles is 1. The average Bonchev–Trinajstić information content (AvgIpc) is 2.94. The lowest BCUT2D eigenvalue weighted by atomic mass is 9.83. The Kier molecular flexibility index (Phi) is 4.81. The van der Waals surface area contributed by atoms with E-state index in [4.69, 9.17) is 5.26 Å². The van der Waals surface area contributed by atoms with Crippen LogP contribution in [0.25, 0.3) is 0 Å². The summed E-state index contributed by atoms with van der Waals surface area (Å²) in [5, 5.41) is 9.06. The minimum atomic E-state index is -1.07. The Balaban J connectivity index is 1.92. The number of hydrogen-bond donors (Lipinski definition) is 0. The first-order valence-electron chi connectivity index (χ1n) is 8.13. The second kappa shape index (κ2) is 7.04. The van der Waals surface area contributed by atoms with Crippen molar-refractivity contribution in [2.45, 2.75) is 12.3 Å².